The lowest BCUT2D eigenvalue weighted by Crippen LogP contribution is -2.15. The van der Waals surface area contributed by atoms with Gasteiger partial charge in [-0.1, -0.05) is 12.1 Å². The van der Waals surface area contributed by atoms with Crippen LogP contribution in [0, 0.1) is 0 Å². The van der Waals surface area contributed by atoms with Crippen molar-refractivity contribution in [2.75, 3.05) is 0 Å². The van der Waals surface area contributed by atoms with Gasteiger partial charge in [0.2, 0.25) is 5.82 Å². The van der Waals surface area contributed by atoms with Gasteiger partial charge in [0.15, 0.2) is 0 Å². The maximum Gasteiger partial charge on any atom is 0.416 e. The van der Waals surface area contributed by atoms with E-state index in [4.69, 9.17) is 5.11 Å². The van der Waals surface area contributed by atoms with Gasteiger partial charge in [-0.15, -0.1) is 0 Å². The molecule has 104 valence electrons. The molecule has 0 bridgehead atoms. The molecule has 0 unspecified atom stereocenters. The normalized spacial score (nSPS) is 11.3. The third-order valence-electron chi connectivity index (χ3n) is 2.43. The Hall–Kier alpha value is -2.64. The highest BCUT2D eigenvalue weighted by molar-refractivity contribution is 5.83. The van der Waals surface area contributed by atoms with E-state index in [9.17, 15) is 22.8 Å². The Balaban J connectivity index is 2.57. The number of hydrogen-bond donors (Lipinski definition) is 2. The Morgan fingerprint density at radius 1 is 1.25 bits per heavy atom. The number of aromatic nitrogens is 2. The zero-order valence-corrected chi connectivity index (χ0v) is 9.73. The summed E-state index contributed by atoms with van der Waals surface area (Å²) in [6, 6.07) is 5.06. The van der Waals surface area contributed by atoms with E-state index < -0.39 is 29.1 Å². The quantitative estimate of drug-likeness (QED) is 0.885. The number of aromatic carboxylic acids is 1. The van der Waals surface area contributed by atoms with Gasteiger partial charge in [0.1, 0.15) is 0 Å². The van der Waals surface area contributed by atoms with E-state index in [2.05, 4.69) is 4.98 Å². The monoisotopic (exact) mass is 284 g/mol. The number of aromatic amines is 1. The average Bonchev–Trinajstić information content (AvgIpc) is 2.37. The third-order valence-corrected chi connectivity index (χ3v) is 2.43. The summed E-state index contributed by atoms with van der Waals surface area (Å²) in [5, 5.41) is 8.75. The molecule has 0 spiro atoms. The lowest BCUT2D eigenvalue weighted by Gasteiger charge is -2.08. The average molecular weight is 284 g/mol. The van der Waals surface area contributed by atoms with Gasteiger partial charge in [-0.25, -0.2) is 9.78 Å². The standard InChI is InChI=1S/C12H7F3N2O3/c13-12(14,15)7-3-1-2-6(4-7)8-5-9(18)17-10(16-8)11(19)20/h1-5H,(H,19,20)(H,16,17,18). The molecule has 0 saturated heterocycles. The maximum absolute atomic E-state index is 12.6. The molecule has 20 heavy (non-hydrogen) atoms. The summed E-state index contributed by atoms with van der Waals surface area (Å²) in [7, 11) is 0. The number of carbonyl (C=O) groups is 1. The van der Waals surface area contributed by atoms with Crippen molar-refractivity contribution in [3.63, 3.8) is 0 Å². The van der Waals surface area contributed by atoms with Crippen LogP contribution in [0.1, 0.15) is 16.2 Å². The van der Waals surface area contributed by atoms with Gasteiger partial charge in [0, 0.05) is 11.6 Å². The van der Waals surface area contributed by atoms with Crippen LogP contribution in [0.25, 0.3) is 11.3 Å². The molecule has 0 radical (unpaired) electrons. The second kappa shape index (κ2) is 4.80. The minimum absolute atomic E-state index is 0.00780. The molecular formula is C12H7F3N2O3. The Morgan fingerprint density at radius 3 is 2.55 bits per heavy atom. The van der Waals surface area contributed by atoms with Crippen molar-refractivity contribution in [3.8, 4) is 11.3 Å². The number of alkyl halides is 3. The van der Waals surface area contributed by atoms with Crippen LogP contribution in [-0.2, 0) is 6.18 Å². The van der Waals surface area contributed by atoms with Crippen LogP contribution < -0.4 is 5.56 Å². The van der Waals surface area contributed by atoms with Crippen molar-refractivity contribution in [2.24, 2.45) is 0 Å². The molecule has 0 saturated carbocycles. The van der Waals surface area contributed by atoms with Crippen molar-refractivity contribution in [1.82, 2.24) is 9.97 Å². The van der Waals surface area contributed by atoms with Gasteiger partial charge < -0.3 is 10.1 Å². The molecule has 1 heterocycles. The SMILES string of the molecule is O=C(O)c1nc(-c2cccc(C(F)(F)F)c2)cc(=O)[nH]1. The van der Waals surface area contributed by atoms with E-state index >= 15 is 0 Å². The van der Waals surface area contributed by atoms with Crippen LogP contribution in [-0.4, -0.2) is 21.0 Å². The Kier molecular flexibility index (Phi) is 3.31. The molecule has 2 N–H and O–H groups in total. The van der Waals surface area contributed by atoms with Crippen LogP contribution in [0.4, 0.5) is 13.2 Å². The molecule has 5 nitrogen and oxygen atoms in total. The zero-order valence-electron chi connectivity index (χ0n) is 9.73. The van der Waals surface area contributed by atoms with Crippen molar-refractivity contribution >= 4 is 5.97 Å². The predicted molar refractivity (Wildman–Crippen MR) is 62.3 cm³/mol. The summed E-state index contributed by atoms with van der Waals surface area (Å²) in [4.78, 5) is 27.6. The number of hydrogen-bond acceptors (Lipinski definition) is 3. The molecule has 1 aromatic heterocycles. The predicted octanol–water partition coefficient (Wildman–Crippen LogP) is 2.15. The van der Waals surface area contributed by atoms with Crippen molar-refractivity contribution in [3.05, 3.63) is 52.1 Å². The summed E-state index contributed by atoms with van der Waals surface area (Å²) in [5.74, 6) is -2.11. The number of benzene rings is 1. The first-order valence-corrected chi connectivity index (χ1v) is 5.29. The maximum atomic E-state index is 12.6. The van der Waals surface area contributed by atoms with Crippen LogP contribution in [0.5, 0.6) is 0 Å². The highest BCUT2D eigenvalue weighted by Crippen LogP contribution is 2.31. The van der Waals surface area contributed by atoms with Crippen molar-refractivity contribution in [1.29, 1.82) is 0 Å². The molecule has 0 aliphatic rings. The number of carboxylic acid groups (broad SMARTS) is 1. The molecule has 8 heteroatoms. The van der Waals surface area contributed by atoms with Crippen LogP contribution in [0.2, 0.25) is 0 Å². The van der Waals surface area contributed by atoms with E-state index in [1.54, 1.807) is 0 Å². The molecular weight excluding hydrogens is 277 g/mol. The van der Waals surface area contributed by atoms with Crippen molar-refractivity contribution < 1.29 is 23.1 Å². The smallest absolute Gasteiger partial charge is 0.416 e. The largest absolute Gasteiger partial charge is 0.475 e. The van der Waals surface area contributed by atoms with Gasteiger partial charge in [-0.3, -0.25) is 4.79 Å². The number of rotatable bonds is 2. The molecule has 2 aromatic rings. The van der Waals surface area contributed by atoms with E-state index in [1.807, 2.05) is 4.98 Å². The molecule has 1 aromatic carbocycles. The number of nitrogens with zero attached hydrogens (tertiary/aromatic N) is 1. The van der Waals surface area contributed by atoms with E-state index in [1.165, 1.54) is 6.07 Å². The fraction of sp³-hybridized carbons (Fsp3) is 0.0833. The molecule has 0 fully saturated rings. The second-order valence-corrected chi connectivity index (χ2v) is 3.86. The Bertz CT molecular complexity index is 722. The van der Waals surface area contributed by atoms with Gasteiger partial charge >= 0.3 is 12.1 Å². The van der Waals surface area contributed by atoms with Crippen LogP contribution in [0.15, 0.2) is 35.1 Å². The minimum atomic E-state index is -4.53. The topological polar surface area (TPSA) is 83.0 Å². The minimum Gasteiger partial charge on any atom is -0.475 e. The number of halogens is 3. The van der Waals surface area contributed by atoms with Gasteiger partial charge in [-0.2, -0.15) is 13.2 Å². The summed E-state index contributed by atoms with van der Waals surface area (Å²) in [6.07, 6.45) is -4.53. The van der Waals surface area contributed by atoms with E-state index in [0.29, 0.717) is 0 Å². The molecule has 0 atom stereocenters. The van der Waals surface area contributed by atoms with Crippen LogP contribution in [0.3, 0.4) is 0 Å². The number of carboxylic acids is 1. The summed E-state index contributed by atoms with van der Waals surface area (Å²) >= 11 is 0. The number of nitrogens with one attached hydrogen (secondary N) is 1. The molecule has 0 amide bonds. The first-order valence-electron chi connectivity index (χ1n) is 5.29. The summed E-state index contributed by atoms with van der Waals surface area (Å²) in [5.41, 5.74) is -1.80. The molecule has 0 aliphatic carbocycles. The lowest BCUT2D eigenvalue weighted by atomic mass is 10.1. The first-order chi connectivity index (χ1) is 9.27. The van der Waals surface area contributed by atoms with E-state index in [-0.39, 0.29) is 11.3 Å². The van der Waals surface area contributed by atoms with Crippen LogP contribution >= 0.6 is 0 Å². The van der Waals surface area contributed by atoms with Gasteiger partial charge in [0.25, 0.3) is 5.56 Å². The van der Waals surface area contributed by atoms with Gasteiger partial charge in [0.05, 0.1) is 11.3 Å². The highest BCUT2D eigenvalue weighted by Gasteiger charge is 2.30. The first kappa shape index (κ1) is 13.8. The van der Waals surface area contributed by atoms with E-state index in [0.717, 1.165) is 24.3 Å². The molecule has 0 aliphatic heterocycles. The fourth-order valence-corrected chi connectivity index (χ4v) is 1.56. The fourth-order valence-electron chi connectivity index (χ4n) is 1.56. The van der Waals surface area contributed by atoms with Crippen molar-refractivity contribution in [2.45, 2.75) is 6.18 Å². The second-order valence-electron chi connectivity index (χ2n) is 3.86. The number of H-pyrrole nitrogens is 1. The zero-order chi connectivity index (χ0) is 14.9. The highest BCUT2D eigenvalue weighted by atomic mass is 19.4. The summed E-state index contributed by atoms with van der Waals surface area (Å²) in [6.45, 7) is 0. The summed E-state index contributed by atoms with van der Waals surface area (Å²) < 4.78 is 37.8. The molecule has 2 rings (SSSR count). The third kappa shape index (κ3) is 2.85. The lowest BCUT2D eigenvalue weighted by molar-refractivity contribution is -0.137. The Labute approximate surface area is 109 Å². The Morgan fingerprint density at radius 2 is 1.95 bits per heavy atom. The van der Waals surface area contributed by atoms with Gasteiger partial charge in [-0.05, 0) is 12.1 Å².